The number of hydrogen-bond donors (Lipinski definition) is 2. The number of carbonyl (C=O) groups is 1. The molecule has 4 heteroatoms. The van der Waals surface area contributed by atoms with Gasteiger partial charge in [-0.25, -0.2) is 0 Å². The molecule has 1 rings (SSSR count). The SMILES string of the molecule is CNC(=O)CC1(N)COC1. The van der Waals surface area contributed by atoms with Gasteiger partial charge in [0, 0.05) is 13.5 Å². The first-order valence-corrected chi connectivity index (χ1v) is 3.23. The van der Waals surface area contributed by atoms with Crippen molar-refractivity contribution in [3.63, 3.8) is 0 Å². The molecule has 1 heterocycles. The van der Waals surface area contributed by atoms with Crippen molar-refractivity contribution < 1.29 is 9.53 Å². The lowest BCUT2D eigenvalue weighted by atomic mass is 9.94. The molecule has 58 valence electrons. The van der Waals surface area contributed by atoms with E-state index in [4.69, 9.17) is 10.5 Å². The average Bonchev–Trinajstić information content (AvgIpc) is 1.84. The highest BCUT2D eigenvalue weighted by atomic mass is 16.5. The van der Waals surface area contributed by atoms with E-state index in [1.165, 1.54) is 0 Å². The Hall–Kier alpha value is -0.610. The van der Waals surface area contributed by atoms with E-state index < -0.39 is 0 Å². The Labute approximate surface area is 59.7 Å². The molecule has 0 aliphatic carbocycles. The van der Waals surface area contributed by atoms with Gasteiger partial charge < -0.3 is 15.8 Å². The molecule has 3 N–H and O–H groups in total. The fourth-order valence-corrected chi connectivity index (χ4v) is 0.874. The maximum atomic E-state index is 10.8. The van der Waals surface area contributed by atoms with E-state index in [2.05, 4.69) is 5.32 Å². The van der Waals surface area contributed by atoms with Crippen molar-refractivity contribution in [1.82, 2.24) is 5.32 Å². The lowest BCUT2D eigenvalue weighted by Gasteiger charge is -2.36. The molecule has 0 spiro atoms. The van der Waals surface area contributed by atoms with E-state index in [-0.39, 0.29) is 11.4 Å². The van der Waals surface area contributed by atoms with Crippen LogP contribution >= 0.6 is 0 Å². The molecule has 0 unspecified atom stereocenters. The number of nitrogens with two attached hydrogens (primary N) is 1. The van der Waals surface area contributed by atoms with Gasteiger partial charge in [-0.05, 0) is 0 Å². The summed E-state index contributed by atoms with van der Waals surface area (Å²) in [5.41, 5.74) is 5.30. The fraction of sp³-hybridized carbons (Fsp3) is 0.833. The highest BCUT2D eigenvalue weighted by Crippen LogP contribution is 2.16. The zero-order valence-corrected chi connectivity index (χ0v) is 6.02. The van der Waals surface area contributed by atoms with E-state index in [1.807, 2.05) is 0 Å². The first-order valence-electron chi connectivity index (χ1n) is 3.23. The standard InChI is InChI=1S/C6H12N2O2/c1-8-5(9)2-6(7)3-10-4-6/h2-4,7H2,1H3,(H,8,9). The van der Waals surface area contributed by atoms with Crippen LogP contribution < -0.4 is 11.1 Å². The predicted octanol–water partition coefficient (Wildman–Crippen LogP) is -1.15. The Morgan fingerprint density at radius 2 is 2.40 bits per heavy atom. The van der Waals surface area contributed by atoms with Gasteiger partial charge in [0.1, 0.15) is 0 Å². The third-order valence-corrected chi connectivity index (χ3v) is 1.57. The first-order chi connectivity index (χ1) is 4.66. The second kappa shape index (κ2) is 2.56. The maximum Gasteiger partial charge on any atom is 0.221 e. The summed E-state index contributed by atoms with van der Waals surface area (Å²) >= 11 is 0. The second-order valence-electron chi connectivity index (χ2n) is 2.71. The Morgan fingerprint density at radius 3 is 2.70 bits per heavy atom. The van der Waals surface area contributed by atoms with Crippen molar-refractivity contribution in [2.75, 3.05) is 20.3 Å². The zero-order valence-electron chi connectivity index (χ0n) is 6.02. The zero-order chi connectivity index (χ0) is 7.61. The molecule has 1 fully saturated rings. The van der Waals surface area contributed by atoms with Crippen LogP contribution in [0.25, 0.3) is 0 Å². The van der Waals surface area contributed by atoms with E-state index >= 15 is 0 Å². The molecular weight excluding hydrogens is 132 g/mol. The minimum atomic E-state index is -0.389. The molecule has 1 aliphatic heterocycles. The van der Waals surface area contributed by atoms with Gasteiger partial charge in [0.25, 0.3) is 0 Å². The summed E-state index contributed by atoms with van der Waals surface area (Å²) in [6.07, 6.45) is 0.365. The fourth-order valence-electron chi connectivity index (χ4n) is 0.874. The average molecular weight is 144 g/mol. The van der Waals surface area contributed by atoms with Crippen molar-refractivity contribution in [3.05, 3.63) is 0 Å². The molecule has 10 heavy (non-hydrogen) atoms. The van der Waals surface area contributed by atoms with Crippen LogP contribution in [0.1, 0.15) is 6.42 Å². The lowest BCUT2D eigenvalue weighted by molar-refractivity contribution is -0.127. The number of nitrogens with one attached hydrogen (secondary N) is 1. The Bertz CT molecular complexity index is 143. The van der Waals surface area contributed by atoms with Crippen LogP contribution in [-0.2, 0) is 9.53 Å². The summed E-state index contributed by atoms with van der Waals surface area (Å²) in [6, 6.07) is 0. The molecule has 1 aliphatic rings. The predicted molar refractivity (Wildman–Crippen MR) is 36.4 cm³/mol. The third-order valence-electron chi connectivity index (χ3n) is 1.57. The minimum Gasteiger partial charge on any atom is -0.377 e. The summed E-state index contributed by atoms with van der Waals surface area (Å²) in [5.74, 6) is -0.0224. The highest BCUT2D eigenvalue weighted by Gasteiger charge is 2.35. The van der Waals surface area contributed by atoms with Crippen LogP contribution in [0.15, 0.2) is 0 Å². The van der Waals surface area contributed by atoms with Gasteiger partial charge in [0.05, 0.1) is 18.8 Å². The summed E-state index contributed by atoms with van der Waals surface area (Å²) in [5, 5.41) is 2.51. The lowest BCUT2D eigenvalue weighted by Crippen LogP contribution is -2.59. The summed E-state index contributed by atoms with van der Waals surface area (Å²) in [4.78, 5) is 10.8. The number of ether oxygens (including phenoxy) is 1. The molecule has 1 saturated heterocycles. The van der Waals surface area contributed by atoms with Crippen LogP contribution in [-0.4, -0.2) is 31.7 Å². The quantitative estimate of drug-likeness (QED) is 0.514. The van der Waals surface area contributed by atoms with Gasteiger partial charge in [-0.2, -0.15) is 0 Å². The molecule has 0 aromatic heterocycles. The maximum absolute atomic E-state index is 10.8. The monoisotopic (exact) mass is 144 g/mol. The number of carbonyl (C=O) groups excluding carboxylic acids is 1. The molecule has 1 amide bonds. The van der Waals surface area contributed by atoms with Gasteiger partial charge in [-0.1, -0.05) is 0 Å². The molecule has 0 aromatic rings. The summed E-state index contributed by atoms with van der Waals surface area (Å²) in [6.45, 7) is 1.00. The van der Waals surface area contributed by atoms with Crippen molar-refractivity contribution in [2.45, 2.75) is 12.0 Å². The summed E-state index contributed by atoms with van der Waals surface area (Å²) < 4.78 is 4.88. The van der Waals surface area contributed by atoms with Crippen molar-refractivity contribution >= 4 is 5.91 Å². The van der Waals surface area contributed by atoms with Crippen LogP contribution in [0.5, 0.6) is 0 Å². The highest BCUT2D eigenvalue weighted by molar-refractivity contribution is 5.77. The van der Waals surface area contributed by atoms with E-state index in [1.54, 1.807) is 7.05 Å². The van der Waals surface area contributed by atoms with Crippen LogP contribution in [0, 0.1) is 0 Å². The van der Waals surface area contributed by atoms with Gasteiger partial charge in [0.15, 0.2) is 0 Å². The normalized spacial score (nSPS) is 21.4. The van der Waals surface area contributed by atoms with Gasteiger partial charge >= 0.3 is 0 Å². The second-order valence-corrected chi connectivity index (χ2v) is 2.71. The molecule has 0 radical (unpaired) electrons. The van der Waals surface area contributed by atoms with Gasteiger partial charge in [0.2, 0.25) is 5.91 Å². The first kappa shape index (κ1) is 7.50. The van der Waals surface area contributed by atoms with Gasteiger partial charge in [-0.15, -0.1) is 0 Å². The topological polar surface area (TPSA) is 64.4 Å². The molecular formula is C6H12N2O2. The third kappa shape index (κ3) is 1.46. The minimum absolute atomic E-state index is 0.0224. The Balaban J connectivity index is 2.29. The van der Waals surface area contributed by atoms with Crippen LogP contribution in [0.2, 0.25) is 0 Å². The smallest absolute Gasteiger partial charge is 0.221 e. The van der Waals surface area contributed by atoms with E-state index in [9.17, 15) is 4.79 Å². The largest absolute Gasteiger partial charge is 0.377 e. The molecule has 0 saturated carbocycles. The van der Waals surface area contributed by atoms with Crippen molar-refractivity contribution in [2.24, 2.45) is 5.73 Å². The van der Waals surface area contributed by atoms with Crippen molar-refractivity contribution in [1.29, 1.82) is 0 Å². The molecule has 0 atom stereocenters. The Morgan fingerprint density at radius 1 is 1.80 bits per heavy atom. The van der Waals surface area contributed by atoms with Crippen molar-refractivity contribution in [3.8, 4) is 0 Å². The number of rotatable bonds is 2. The van der Waals surface area contributed by atoms with Crippen LogP contribution in [0.3, 0.4) is 0 Å². The van der Waals surface area contributed by atoms with Crippen LogP contribution in [0.4, 0.5) is 0 Å². The number of amides is 1. The molecule has 0 aromatic carbocycles. The van der Waals surface area contributed by atoms with Gasteiger partial charge in [-0.3, -0.25) is 4.79 Å². The van der Waals surface area contributed by atoms with E-state index in [0.29, 0.717) is 19.6 Å². The number of hydrogen-bond acceptors (Lipinski definition) is 3. The Kier molecular flexibility index (Phi) is 1.92. The molecule has 0 bridgehead atoms. The molecule has 4 nitrogen and oxygen atoms in total. The summed E-state index contributed by atoms with van der Waals surface area (Å²) in [7, 11) is 1.60. The van der Waals surface area contributed by atoms with E-state index in [0.717, 1.165) is 0 Å².